The molecule has 0 aliphatic heterocycles. The Morgan fingerprint density at radius 3 is 2.52 bits per heavy atom. The fourth-order valence-electron chi connectivity index (χ4n) is 2.34. The van der Waals surface area contributed by atoms with Crippen molar-refractivity contribution < 1.29 is 9.53 Å². The maximum absolute atomic E-state index is 12.1. The number of rotatable bonds is 6. The van der Waals surface area contributed by atoms with Gasteiger partial charge in [0.25, 0.3) is 0 Å². The van der Waals surface area contributed by atoms with Gasteiger partial charge in [0.2, 0.25) is 5.91 Å². The Labute approximate surface area is 141 Å². The fourth-order valence-corrected chi connectivity index (χ4v) is 2.51. The van der Waals surface area contributed by atoms with Crippen molar-refractivity contribution >= 4 is 28.9 Å². The molecule has 0 aliphatic rings. The summed E-state index contributed by atoms with van der Waals surface area (Å²) in [5.41, 5.74) is 3.78. The van der Waals surface area contributed by atoms with Crippen LogP contribution in [-0.4, -0.2) is 19.6 Å². The third-order valence-corrected chi connectivity index (χ3v) is 3.81. The molecule has 0 fully saturated rings. The van der Waals surface area contributed by atoms with E-state index in [-0.39, 0.29) is 5.91 Å². The molecule has 0 aromatic heterocycles. The SMILES string of the molecule is COc1ccc(Cl)cc1NCCC(=O)Nc1c(C)cccc1C. The summed E-state index contributed by atoms with van der Waals surface area (Å²) in [5, 5.41) is 6.77. The molecule has 0 saturated heterocycles. The predicted octanol–water partition coefficient (Wildman–Crippen LogP) is 4.41. The molecule has 0 spiro atoms. The third-order valence-electron chi connectivity index (χ3n) is 3.57. The van der Waals surface area contributed by atoms with Crippen LogP contribution in [0, 0.1) is 13.8 Å². The standard InChI is InChI=1S/C18H21ClN2O2/c1-12-5-4-6-13(2)18(12)21-17(22)9-10-20-15-11-14(19)7-8-16(15)23-3/h4-8,11,20H,9-10H2,1-3H3,(H,21,22). The highest BCUT2D eigenvalue weighted by Crippen LogP contribution is 2.27. The zero-order valence-electron chi connectivity index (χ0n) is 13.6. The van der Waals surface area contributed by atoms with Crippen molar-refractivity contribution in [2.75, 3.05) is 24.3 Å². The summed E-state index contributed by atoms with van der Waals surface area (Å²) in [4.78, 5) is 12.1. The summed E-state index contributed by atoms with van der Waals surface area (Å²) in [6.45, 7) is 4.46. The van der Waals surface area contributed by atoms with Gasteiger partial charge in [-0.25, -0.2) is 0 Å². The second-order valence-electron chi connectivity index (χ2n) is 5.34. The smallest absolute Gasteiger partial charge is 0.226 e. The first kappa shape index (κ1) is 17.2. The van der Waals surface area contributed by atoms with E-state index in [1.165, 1.54) is 0 Å². The molecule has 0 atom stereocenters. The topological polar surface area (TPSA) is 50.4 Å². The van der Waals surface area contributed by atoms with Gasteiger partial charge in [0.1, 0.15) is 5.75 Å². The van der Waals surface area contributed by atoms with Crippen LogP contribution in [0.15, 0.2) is 36.4 Å². The number of halogens is 1. The van der Waals surface area contributed by atoms with Gasteiger partial charge in [-0.1, -0.05) is 29.8 Å². The summed E-state index contributed by atoms with van der Waals surface area (Å²) in [7, 11) is 1.60. The van der Waals surface area contributed by atoms with Crippen molar-refractivity contribution in [3.05, 3.63) is 52.5 Å². The molecular formula is C18H21ClN2O2. The lowest BCUT2D eigenvalue weighted by molar-refractivity contribution is -0.115. The van der Waals surface area contributed by atoms with Crippen LogP contribution in [0.2, 0.25) is 5.02 Å². The van der Waals surface area contributed by atoms with Gasteiger partial charge in [0, 0.05) is 23.7 Å². The van der Waals surface area contributed by atoms with Gasteiger partial charge in [-0.3, -0.25) is 4.79 Å². The number of hydrogen-bond donors (Lipinski definition) is 2. The van der Waals surface area contributed by atoms with E-state index in [9.17, 15) is 4.79 Å². The monoisotopic (exact) mass is 332 g/mol. The van der Waals surface area contributed by atoms with Crippen LogP contribution < -0.4 is 15.4 Å². The molecular weight excluding hydrogens is 312 g/mol. The van der Waals surface area contributed by atoms with Gasteiger partial charge >= 0.3 is 0 Å². The Balaban J connectivity index is 1.92. The van der Waals surface area contributed by atoms with Gasteiger partial charge in [-0.15, -0.1) is 0 Å². The second-order valence-corrected chi connectivity index (χ2v) is 5.77. The maximum Gasteiger partial charge on any atom is 0.226 e. The number of carbonyl (C=O) groups is 1. The Kier molecular flexibility index (Phi) is 5.88. The van der Waals surface area contributed by atoms with E-state index in [1.807, 2.05) is 32.0 Å². The molecule has 23 heavy (non-hydrogen) atoms. The summed E-state index contributed by atoms with van der Waals surface area (Å²) in [6, 6.07) is 11.3. The lowest BCUT2D eigenvalue weighted by Crippen LogP contribution is -2.17. The van der Waals surface area contributed by atoms with Crippen LogP contribution in [0.5, 0.6) is 5.75 Å². The third kappa shape index (κ3) is 4.63. The zero-order valence-corrected chi connectivity index (χ0v) is 14.3. The minimum absolute atomic E-state index is 0.0316. The Hall–Kier alpha value is -2.20. The molecule has 4 nitrogen and oxygen atoms in total. The van der Waals surface area contributed by atoms with Crippen LogP contribution in [0.1, 0.15) is 17.5 Å². The van der Waals surface area contributed by atoms with E-state index in [1.54, 1.807) is 25.3 Å². The van der Waals surface area contributed by atoms with Crippen molar-refractivity contribution in [1.29, 1.82) is 0 Å². The maximum atomic E-state index is 12.1. The number of anilines is 2. The number of amides is 1. The van der Waals surface area contributed by atoms with Crippen LogP contribution >= 0.6 is 11.6 Å². The Morgan fingerprint density at radius 2 is 1.87 bits per heavy atom. The Morgan fingerprint density at radius 1 is 1.17 bits per heavy atom. The van der Waals surface area contributed by atoms with E-state index in [4.69, 9.17) is 16.3 Å². The molecule has 1 amide bonds. The summed E-state index contributed by atoms with van der Waals surface area (Å²) >= 11 is 5.98. The van der Waals surface area contributed by atoms with Crippen LogP contribution in [0.25, 0.3) is 0 Å². The molecule has 0 bridgehead atoms. The first-order chi connectivity index (χ1) is 11.0. The average Bonchev–Trinajstić information content (AvgIpc) is 2.51. The summed E-state index contributed by atoms with van der Waals surface area (Å²) in [6.07, 6.45) is 0.351. The minimum Gasteiger partial charge on any atom is -0.495 e. The number of benzene rings is 2. The quantitative estimate of drug-likeness (QED) is 0.824. The van der Waals surface area contributed by atoms with Crippen molar-refractivity contribution in [1.82, 2.24) is 0 Å². The zero-order chi connectivity index (χ0) is 16.8. The largest absolute Gasteiger partial charge is 0.495 e. The second kappa shape index (κ2) is 7.88. The van der Waals surface area contributed by atoms with E-state index >= 15 is 0 Å². The minimum atomic E-state index is -0.0316. The molecule has 2 N–H and O–H groups in total. The Bertz CT molecular complexity index is 681. The molecule has 0 aliphatic carbocycles. The average molecular weight is 333 g/mol. The van der Waals surface area contributed by atoms with E-state index in [2.05, 4.69) is 10.6 Å². The lowest BCUT2D eigenvalue weighted by atomic mass is 10.1. The number of para-hydroxylation sites is 1. The molecule has 0 radical (unpaired) electrons. The van der Waals surface area contributed by atoms with Crippen molar-refractivity contribution in [2.24, 2.45) is 0 Å². The van der Waals surface area contributed by atoms with Crippen molar-refractivity contribution in [2.45, 2.75) is 20.3 Å². The van der Waals surface area contributed by atoms with Crippen LogP contribution in [0.4, 0.5) is 11.4 Å². The number of nitrogens with one attached hydrogen (secondary N) is 2. The van der Waals surface area contributed by atoms with E-state index in [0.29, 0.717) is 23.7 Å². The summed E-state index contributed by atoms with van der Waals surface area (Å²) < 4.78 is 5.26. The first-order valence-electron chi connectivity index (χ1n) is 7.44. The predicted molar refractivity (Wildman–Crippen MR) is 95.7 cm³/mol. The molecule has 2 aromatic rings. The van der Waals surface area contributed by atoms with Gasteiger partial charge in [-0.2, -0.15) is 0 Å². The van der Waals surface area contributed by atoms with Crippen LogP contribution in [-0.2, 0) is 4.79 Å². The molecule has 0 heterocycles. The van der Waals surface area contributed by atoms with Crippen molar-refractivity contribution in [3.63, 3.8) is 0 Å². The molecule has 0 saturated carbocycles. The number of aryl methyl sites for hydroxylation is 2. The van der Waals surface area contributed by atoms with Gasteiger partial charge in [0.15, 0.2) is 0 Å². The lowest BCUT2D eigenvalue weighted by Gasteiger charge is -2.13. The number of ether oxygens (including phenoxy) is 1. The van der Waals surface area contributed by atoms with E-state index in [0.717, 1.165) is 22.5 Å². The molecule has 5 heteroatoms. The molecule has 2 aromatic carbocycles. The summed E-state index contributed by atoms with van der Waals surface area (Å²) in [5.74, 6) is 0.667. The highest BCUT2D eigenvalue weighted by Gasteiger charge is 2.08. The number of methoxy groups -OCH3 is 1. The first-order valence-corrected chi connectivity index (χ1v) is 7.82. The molecule has 2 rings (SSSR count). The number of carbonyl (C=O) groups excluding carboxylic acids is 1. The van der Waals surface area contributed by atoms with Crippen molar-refractivity contribution in [3.8, 4) is 5.75 Å². The van der Waals surface area contributed by atoms with E-state index < -0.39 is 0 Å². The highest BCUT2D eigenvalue weighted by molar-refractivity contribution is 6.30. The number of hydrogen-bond acceptors (Lipinski definition) is 3. The van der Waals surface area contributed by atoms with Gasteiger partial charge < -0.3 is 15.4 Å². The van der Waals surface area contributed by atoms with Gasteiger partial charge in [-0.05, 0) is 43.2 Å². The molecule has 0 unspecified atom stereocenters. The highest BCUT2D eigenvalue weighted by atomic mass is 35.5. The molecule has 122 valence electrons. The normalized spacial score (nSPS) is 10.3. The van der Waals surface area contributed by atoms with Gasteiger partial charge in [0.05, 0.1) is 12.8 Å². The fraction of sp³-hybridized carbons (Fsp3) is 0.278. The van der Waals surface area contributed by atoms with Crippen LogP contribution in [0.3, 0.4) is 0 Å².